The number of carbonyl (C=O) groups is 1. The number of carbonyl (C=O) groups excluding carboxylic acids is 1. The van der Waals surface area contributed by atoms with Crippen LogP contribution in [-0.4, -0.2) is 43.8 Å². The molecule has 28 heavy (non-hydrogen) atoms. The first-order chi connectivity index (χ1) is 13.2. The second kappa shape index (κ2) is 7.86. The molecular weight excluding hydrogens is 395 g/mol. The Balaban J connectivity index is 1.79. The standard InChI is InChI=1S/C18H18F3N3O3S/c1-3-27-17(26)12-7-22-24(8-12)9-15-10(2)28-16(23-15)11-4-13(18(19,20)21)6-14(25)5-11/h4-8,10,15,25H,3,9H2,1-2H3. The summed E-state index contributed by atoms with van der Waals surface area (Å²) in [6, 6.07) is 2.69. The number of ether oxygens (including phenoxy) is 1. The molecule has 1 aliphatic heterocycles. The third-order valence-electron chi connectivity index (χ3n) is 4.13. The van der Waals surface area contributed by atoms with Crippen LogP contribution < -0.4 is 0 Å². The average Bonchev–Trinajstić information content (AvgIpc) is 3.22. The van der Waals surface area contributed by atoms with Crippen LogP contribution in [0.15, 0.2) is 35.6 Å². The molecule has 0 radical (unpaired) electrons. The normalized spacial score (nSPS) is 19.5. The number of alkyl halides is 3. The Kier molecular flexibility index (Phi) is 5.69. The van der Waals surface area contributed by atoms with E-state index in [2.05, 4.69) is 10.1 Å². The van der Waals surface area contributed by atoms with Crippen LogP contribution in [0.3, 0.4) is 0 Å². The summed E-state index contributed by atoms with van der Waals surface area (Å²) < 4.78 is 45.5. The van der Waals surface area contributed by atoms with Crippen LogP contribution >= 0.6 is 11.8 Å². The molecule has 2 heterocycles. The molecule has 1 aromatic carbocycles. The average molecular weight is 413 g/mol. The molecule has 2 atom stereocenters. The molecule has 6 nitrogen and oxygen atoms in total. The zero-order valence-corrected chi connectivity index (χ0v) is 15.9. The number of phenolic OH excluding ortho intramolecular Hbond substituents is 1. The van der Waals surface area contributed by atoms with E-state index >= 15 is 0 Å². The highest BCUT2D eigenvalue weighted by Gasteiger charge is 2.33. The van der Waals surface area contributed by atoms with Crippen LogP contribution in [0.4, 0.5) is 13.2 Å². The topological polar surface area (TPSA) is 76.7 Å². The van der Waals surface area contributed by atoms with Gasteiger partial charge in [0.1, 0.15) is 5.75 Å². The minimum absolute atomic E-state index is 0.0121. The Hall–Kier alpha value is -2.49. The molecule has 1 aliphatic rings. The van der Waals surface area contributed by atoms with Crippen molar-refractivity contribution in [3.05, 3.63) is 47.3 Å². The fourth-order valence-electron chi connectivity index (χ4n) is 2.75. The number of benzene rings is 1. The van der Waals surface area contributed by atoms with Crippen molar-refractivity contribution in [1.29, 1.82) is 0 Å². The molecule has 1 N–H and O–H groups in total. The predicted octanol–water partition coefficient (Wildman–Crippen LogP) is 3.73. The number of nitrogens with zero attached hydrogens (tertiary/aromatic N) is 3. The lowest BCUT2D eigenvalue weighted by Gasteiger charge is -2.11. The van der Waals surface area contributed by atoms with Gasteiger partial charge in [0.15, 0.2) is 0 Å². The van der Waals surface area contributed by atoms with Crippen LogP contribution in [0.5, 0.6) is 5.75 Å². The number of hydrogen-bond donors (Lipinski definition) is 1. The van der Waals surface area contributed by atoms with Gasteiger partial charge in [-0.3, -0.25) is 9.67 Å². The number of halogens is 3. The number of esters is 1. The second-order valence-electron chi connectivity index (χ2n) is 6.26. The summed E-state index contributed by atoms with van der Waals surface area (Å²) in [6.45, 7) is 4.25. The molecule has 0 amide bonds. The van der Waals surface area contributed by atoms with Gasteiger partial charge in [-0.1, -0.05) is 6.92 Å². The third-order valence-corrected chi connectivity index (χ3v) is 5.38. The molecule has 0 fully saturated rings. The minimum atomic E-state index is -4.55. The fraction of sp³-hybridized carbons (Fsp3) is 0.389. The maximum absolute atomic E-state index is 13.0. The number of aliphatic imine (C=N–C) groups is 1. The summed E-state index contributed by atoms with van der Waals surface area (Å²) in [5.41, 5.74) is -0.375. The van der Waals surface area contributed by atoms with Crippen LogP contribution in [0.25, 0.3) is 0 Å². The summed E-state index contributed by atoms with van der Waals surface area (Å²) in [6.07, 6.45) is -1.60. The van der Waals surface area contributed by atoms with Crippen molar-refractivity contribution < 1.29 is 27.8 Å². The molecule has 3 rings (SSSR count). The Labute approximate surface area is 163 Å². The number of aromatic nitrogens is 2. The lowest BCUT2D eigenvalue weighted by Crippen LogP contribution is -2.21. The zero-order chi connectivity index (χ0) is 20.5. The first-order valence-electron chi connectivity index (χ1n) is 8.53. The van der Waals surface area contributed by atoms with Gasteiger partial charge in [-0.15, -0.1) is 11.8 Å². The van der Waals surface area contributed by atoms with Gasteiger partial charge < -0.3 is 9.84 Å². The van der Waals surface area contributed by atoms with E-state index in [1.165, 1.54) is 24.0 Å². The number of phenols is 1. The van der Waals surface area contributed by atoms with E-state index in [0.29, 0.717) is 23.2 Å². The largest absolute Gasteiger partial charge is 0.508 e. The summed E-state index contributed by atoms with van der Waals surface area (Å²) in [5, 5.41) is 14.2. The van der Waals surface area contributed by atoms with E-state index in [-0.39, 0.29) is 23.5 Å². The van der Waals surface area contributed by atoms with Crippen molar-refractivity contribution in [1.82, 2.24) is 9.78 Å². The monoisotopic (exact) mass is 413 g/mol. The van der Waals surface area contributed by atoms with Crippen LogP contribution in [-0.2, 0) is 17.5 Å². The van der Waals surface area contributed by atoms with Crippen molar-refractivity contribution in [3.63, 3.8) is 0 Å². The molecule has 0 saturated heterocycles. The zero-order valence-electron chi connectivity index (χ0n) is 15.1. The molecule has 1 aromatic heterocycles. The summed E-state index contributed by atoms with van der Waals surface area (Å²) in [7, 11) is 0. The Morgan fingerprint density at radius 1 is 1.36 bits per heavy atom. The first kappa shape index (κ1) is 20.2. The molecule has 0 bridgehead atoms. The molecule has 150 valence electrons. The van der Waals surface area contributed by atoms with Gasteiger partial charge in [0.25, 0.3) is 0 Å². The van der Waals surface area contributed by atoms with Gasteiger partial charge in [-0.05, 0) is 25.1 Å². The van der Waals surface area contributed by atoms with Gasteiger partial charge in [0.2, 0.25) is 0 Å². The molecule has 2 aromatic rings. The minimum Gasteiger partial charge on any atom is -0.508 e. The van der Waals surface area contributed by atoms with Crippen molar-refractivity contribution >= 4 is 22.8 Å². The third kappa shape index (κ3) is 4.49. The molecule has 0 spiro atoms. The van der Waals surface area contributed by atoms with Crippen molar-refractivity contribution in [2.45, 2.75) is 37.9 Å². The maximum Gasteiger partial charge on any atom is 0.416 e. The van der Waals surface area contributed by atoms with Crippen molar-refractivity contribution in [3.8, 4) is 5.75 Å². The highest BCUT2D eigenvalue weighted by Crippen LogP contribution is 2.36. The van der Waals surface area contributed by atoms with E-state index < -0.39 is 23.5 Å². The van der Waals surface area contributed by atoms with E-state index in [1.807, 2.05) is 6.92 Å². The SMILES string of the molecule is CCOC(=O)c1cnn(CC2N=C(c3cc(O)cc(C(F)(F)F)c3)SC2C)c1. The second-order valence-corrected chi connectivity index (χ2v) is 7.63. The summed E-state index contributed by atoms with van der Waals surface area (Å²) in [5.74, 6) is -0.929. The summed E-state index contributed by atoms with van der Waals surface area (Å²) in [4.78, 5) is 16.2. The van der Waals surface area contributed by atoms with E-state index in [0.717, 1.165) is 6.07 Å². The molecule has 10 heteroatoms. The summed E-state index contributed by atoms with van der Waals surface area (Å²) >= 11 is 1.33. The van der Waals surface area contributed by atoms with Crippen molar-refractivity contribution in [2.75, 3.05) is 6.61 Å². The fourth-order valence-corrected chi connectivity index (χ4v) is 3.85. The van der Waals surface area contributed by atoms with Gasteiger partial charge >= 0.3 is 12.1 Å². The smallest absolute Gasteiger partial charge is 0.416 e. The Morgan fingerprint density at radius 2 is 2.11 bits per heavy atom. The van der Waals surface area contributed by atoms with Crippen LogP contribution in [0.2, 0.25) is 0 Å². The molecule has 0 aliphatic carbocycles. The first-order valence-corrected chi connectivity index (χ1v) is 9.41. The lowest BCUT2D eigenvalue weighted by atomic mass is 10.1. The van der Waals surface area contributed by atoms with E-state index in [4.69, 9.17) is 4.74 Å². The number of aromatic hydroxyl groups is 1. The van der Waals surface area contributed by atoms with E-state index in [1.54, 1.807) is 17.8 Å². The predicted molar refractivity (Wildman–Crippen MR) is 98.7 cm³/mol. The highest BCUT2D eigenvalue weighted by atomic mass is 32.2. The van der Waals surface area contributed by atoms with Gasteiger partial charge in [-0.25, -0.2) is 4.79 Å². The number of rotatable bonds is 5. The van der Waals surface area contributed by atoms with Crippen LogP contribution in [0, 0.1) is 0 Å². The number of hydrogen-bond acceptors (Lipinski definition) is 6. The van der Waals surface area contributed by atoms with Crippen molar-refractivity contribution in [2.24, 2.45) is 4.99 Å². The van der Waals surface area contributed by atoms with Crippen LogP contribution in [0.1, 0.15) is 35.3 Å². The quantitative estimate of drug-likeness (QED) is 0.756. The maximum atomic E-state index is 13.0. The molecular formula is C18H18F3N3O3S. The lowest BCUT2D eigenvalue weighted by molar-refractivity contribution is -0.137. The highest BCUT2D eigenvalue weighted by molar-refractivity contribution is 8.15. The number of thioether (sulfide) groups is 1. The Bertz CT molecular complexity index is 911. The van der Waals surface area contributed by atoms with E-state index in [9.17, 15) is 23.1 Å². The van der Waals surface area contributed by atoms with Gasteiger partial charge in [0.05, 0.1) is 41.6 Å². The van der Waals surface area contributed by atoms with Gasteiger partial charge in [-0.2, -0.15) is 18.3 Å². The molecule has 2 unspecified atom stereocenters. The Morgan fingerprint density at radius 3 is 2.79 bits per heavy atom. The molecule has 0 saturated carbocycles. The van der Waals surface area contributed by atoms with Gasteiger partial charge in [0, 0.05) is 17.0 Å².